The van der Waals surface area contributed by atoms with Crippen molar-refractivity contribution in [2.45, 2.75) is 27.2 Å². The quantitative estimate of drug-likeness (QED) is 0.466. The third-order valence-electron chi connectivity index (χ3n) is 2.87. The Kier molecular flexibility index (Phi) is 5.20. The third kappa shape index (κ3) is 3.54. The summed E-state index contributed by atoms with van der Waals surface area (Å²) in [6, 6.07) is 5.34. The minimum absolute atomic E-state index is 0.0556. The second kappa shape index (κ2) is 6.65. The van der Waals surface area contributed by atoms with Gasteiger partial charge in [-0.2, -0.15) is 0 Å². The Balaban J connectivity index is 3.38. The van der Waals surface area contributed by atoms with Gasteiger partial charge in [-0.25, -0.2) is 0 Å². The molecule has 0 radical (unpaired) electrons. The van der Waals surface area contributed by atoms with Crippen molar-refractivity contribution in [3.05, 3.63) is 46.2 Å². The normalized spacial score (nSPS) is 11.6. The number of hydrogen-bond donors (Lipinski definition) is 2. The van der Waals surface area contributed by atoms with Crippen molar-refractivity contribution in [3.63, 3.8) is 0 Å². The molecule has 0 aliphatic heterocycles. The van der Waals surface area contributed by atoms with Crippen LogP contribution in [0.4, 0.5) is 0 Å². The number of Topliss-reactive ketones (excluding diaryl/α,β-unsaturated/α-hetero) is 1. The maximum Gasteiger partial charge on any atom is 0.246 e. The number of primary amides is 1. The molecule has 0 bridgehead atoms. The summed E-state index contributed by atoms with van der Waals surface area (Å²) in [6.45, 7) is 5.44. The number of nitrogens with one attached hydrogen (secondary N) is 1. The molecule has 0 saturated heterocycles. The van der Waals surface area contributed by atoms with Crippen LogP contribution in [-0.2, 0) is 9.59 Å². The molecule has 0 aliphatic rings. The van der Waals surface area contributed by atoms with Gasteiger partial charge in [0.15, 0.2) is 0 Å². The van der Waals surface area contributed by atoms with Crippen LogP contribution in [0.25, 0.3) is 0 Å². The van der Waals surface area contributed by atoms with Gasteiger partial charge in [0.2, 0.25) is 18.1 Å². The SMILES string of the molecule is CC/C(C(N)=O)=C(/NC=O)C(=O)c1cc(C)cc(C)c1. The van der Waals surface area contributed by atoms with E-state index >= 15 is 0 Å². The second-order valence-corrected chi connectivity index (χ2v) is 4.54. The monoisotopic (exact) mass is 274 g/mol. The van der Waals surface area contributed by atoms with Gasteiger partial charge in [-0.3, -0.25) is 14.4 Å². The fraction of sp³-hybridized carbons (Fsp3) is 0.267. The lowest BCUT2D eigenvalue weighted by atomic mass is 9.99. The molecule has 0 aromatic heterocycles. The van der Waals surface area contributed by atoms with E-state index in [2.05, 4.69) is 5.32 Å². The summed E-state index contributed by atoms with van der Waals surface area (Å²) in [7, 11) is 0. The van der Waals surface area contributed by atoms with Crippen LogP contribution in [-0.4, -0.2) is 18.1 Å². The van der Waals surface area contributed by atoms with E-state index in [-0.39, 0.29) is 17.7 Å². The van der Waals surface area contributed by atoms with Gasteiger partial charge in [0, 0.05) is 11.1 Å². The van der Waals surface area contributed by atoms with Gasteiger partial charge in [-0.05, 0) is 32.4 Å². The second-order valence-electron chi connectivity index (χ2n) is 4.54. The molecule has 5 heteroatoms. The highest BCUT2D eigenvalue weighted by Crippen LogP contribution is 2.16. The van der Waals surface area contributed by atoms with Gasteiger partial charge in [-0.1, -0.05) is 24.1 Å². The maximum absolute atomic E-state index is 12.5. The van der Waals surface area contributed by atoms with Gasteiger partial charge >= 0.3 is 0 Å². The molecule has 0 heterocycles. The molecule has 0 fully saturated rings. The van der Waals surface area contributed by atoms with Crippen molar-refractivity contribution in [3.8, 4) is 0 Å². The number of carbonyl (C=O) groups is 3. The molecule has 3 N–H and O–H groups in total. The van der Waals surface area contributed by atoms with Gasteiger partial charge in [0.1, 0.15) is 0 Å². The number of carbonyl (C=O) groups excluding carboxylic acids is 3. The van der Waals surface area contributed by atoms with Gasteiger partial charge < -0.3 is 11.1 Å². The Labute approximate surface area is 117 Å². The van der Waals surface area contributed by atoms with E-state index in [4.69, 9.17) is 5.73 Å². The van der Waals surface area contributed by atoms with Crippen molar-refractivity contribution in [2.24, 2.45) is 5.73 Å². The maximum atomic E-state index is 12.5. The first-order valence-corrected chi connectivity index (χ1v) is 6.26. The smallest absolute Gasteiger partial charge is 0.246 e. The summed E-state index contributed by atoms with van der Waals surface area (Å²) in [4.78, 5) is 34.5. The van der Waals surface area contributed by atoms with Crippen LogP contribution < -0.4 is 11.1 Å². The fourth-order valence-corrected chi connectivity index (χ4v) is 2.07. The van der Waals surface area contributed by atoms with Gasteiger partial charge in [0.05, 0.1) is 5.70 Å². The first kappa shape index (κ1) is 15.6. The minimum Gasteiger partial charge on any atom is -0.366 e. The molecule has 0 saturated carbocycles. The highest BCUT2D eigenvalue weighted by atomic mass is 16.2. The van der Waals surface area contributed by atoms with Crippen LogP contribution in [0.5, 0.6) is 0 Å². The van der Waals surface area contributed by atoms with Crippen LogP contribution in [0.15, 0.2) is 29.5 Å². The summed E-state index contributed by atoms with van der Waals surface area (Å²) < 4.78 is 0. The molecule has 5 nitrogen and oxygen atoms in total. The Morgan fingerprint density at radius 1 is 1.20 bits per heavy atom. The highest BCUT2D eigenvalue weighted by molar-refractivity contribution is 6.14. The van der Waals surface area contributed by atoms with Crippen molar-refractivity contribution in [2.75, 3.05) is 0 Å². The van der Waals surface area contributed by atoms with Crippen molar-refractivity contribution in [1.29, 1.82) is 0 Å². The van der Waals surface area contributed by atoms with Gasteiger partial charge in [0.25, 0.3) is 0 Å². The zero-order valence-corrected chi connectivity index (χ0v) is 11.8. The average Bonchev–Trinajstić information content (AvgIpc) is 2.36. The Morgan fingerprint density at radius 3 is 2.15 bits per heavy atom. The summed E-state index contributed by atoms with van der Waals surface area (Å²) in [6.07, 6.45) is 0.635. The number of benzene rings is 1. The largest absolute Gasteiger partial charge is 0.366 e. The van der Waals surface area contributed by atoms with E-state index in [1.54, 1.807) is 19.1 Å². The topological polar surface area (TPSA) is 89.3 Å². The number of rotatable bonds is 6. The number of hydrogen-bond acceptors (Lipinski definition) is 3. The molecule has 0 atom stereocenters. The lowest BCUT2D eigenvalue weighted by Gasteiger charge is -2.11. The molecule has 0 unspecified atom stereocenters. The Bertz CT molecular complexity index is 569. The van der Waals surface area contributed by atoms with Crippen molar-refractivity contribution in [1.82, 2.24) is 5.32 Å². The fourth-order valence-electron chi connectivity index (χ4n) is 2.07. The summed E-state index contributed by atoms with van der Waals surface area (Å²) in [5, 5.41) is 2.30. The number of aryl methyl sites for hydroxylation is 2. The molecule has 106 valence electrons. The predicted octanol–water partition coefficient (Wildman–Crippen LogP) is 1.38. The van der Waals surface area contributed by atoms with E-state index in [9.17, 15) is 14.4 Å². The van der Waals surface area contributed by atoms with Crippen LogP contribution in [0, 0.1) is 13.8 Å². The number of nitrogens with two attached hydrogens (primary N) is 1. The van der Waals surface area contributed by atoms with E-state index < -0.39 is 11.7 Å². The standard InChI is InChI=1S/C15H18N2O3/c1-4-12(15(16)20)13(17-8-18)14(19)11-6-9(2)5-10(3)7-11/h5-8H,4H2,1-3H3,(H2,16,20)(H,17,18)/b13-12-. The van der Waals surface area contributed by atoms with Crippen LogP contribution in [0.3, 0.4) is 0 Å². The van der Waals surface area contributed by atoms with Crippen LogP contribution in [0.1, 0.15) is 34.8 Å². The summed E-state index contributed by atoms with van der Waals surface area (Å²) in [5.74, 6) is -1.13. The van der Waals surface area contributed by atoms with E-state index in [0.717, 1.165) is 11.1 Å². The molecule has 20 heavy (non-hydrogen) atoms. The average molecular weight is 274 g/mol. The molecular formula is C15H18N2O3. The van der Waals surface area contributed by atoms with Crippen molar-refractivity contribution >= 4 is 18.1 Å². The zero-order valence-electron chi connectivity index (χ0n) is 11.8. The first-order chi connectivity index (χ1) is 9.40. The molecule has 1 aromatic carbocycles. The number of allylic oxidation sites excluding steroid dienone is 1. The summed E-state index contributed by atoms with van der Waals surface area (Å²) >= 11 is 0. The van der Waals surface area contributed by atoms with E-state index in [1.165, 1.54) is 0 Å². The molecule has 0 spiro atoms. The number of amides is 2. The molecule has 0 aliphatic carbocycles. The first-order valence-electron chi connectivity index (χ1n) is 6.26. The lowest BCUT2D eigenvalue weighted by molar-refractivity contribution is -0.114. The van der Waals surface area contributed by atoms with E-state index in [0.29, 0.717) is 12.0 Å². The molecular weight excluding hydrogens is 256 g/mol. The molecule has 2 amide bonds. The number of ketones is 1. The van der Waals surface area contributed by atoms with Gasteiger partial charge in [-0.15, -0.1) is 0 Å². The van der Waals surface area contributed by atoms with Crippen LogP contribution >= 0.6 is 0 Å². The molecule has 1 rings (SSSR count). The van der Waals surface area contributed by atoms with Crippen molar-refractivity contribution < 1.29 is 14.4 Å². The highest BCUT2D eigenvalue weighted by Gasteiger charge is 2.19. The lowest BCUT2D eigenvalue weighted by Crippen LogP contribution is -2.27. The third-order valence-corrected chi connectivity index (χ3v) is 2.87. The minimum atomic E-state index is -0.713. The predicted molar refractivity (Wildman–Crippen MR) is 76.0 cm³/mol. The van der Waals surface area contributed by atoms with Crippen LogP contribution in [0.2, 0.25) is 0 Å². The molecule has 1 aromatic rings. The Hall–Kier alpha value is -2.43. The summed E-state index contributed by atoms with van der Waals surface area (Å²) in [5.41, 5.74) is 7.58. The zero-order chi connectivity index (χ0) is 15.3. The van der Waals surface area contributed by atoms with E-state index in [1.807, 2.05) is 19.9 Å². The Morgan fingerprint density at radius 2 is 1.75 bits per heavy atom.